The van der Waals surface area contributed by atoms with Crippen LogP contribution in [0.5, 0.6) is 0 Å². The van der Waals surface area contributed by atoms with Gasteiger partial charge in [-0.05, 0) is 29.7 Å². The number of unbranched alkanes of at least 4 members (excludes halogenated alkanes) is 2. The van der Waals surface area contributed by atoms with E-state index in [0.717, 1.165) is 18.9 Å². The van der Waals surface area contributed by atoms with E-state index in [9.17, 15) is 8.42 Å². The Balaban J connectivity index is 1.87. The van der Waals surface area contributed by atoms with Gasteiger partial charge in [-0.25, -0.2) is 0 Å². The Labute approximate surface area is 134 Å². The van der Waals surface area contributed by atoms with Gasteiger partial charge >= 0.3 is 9.15 Å². The lowest BCUT2D eigenvalue weighted by molar-refractivity contribution is 0.347. The Kier molecular flexibility index (Phi) is 10.8. The maximum atomic E-state index is 10.5. The topological polar surface area (TPSA) is 66.4 Å². The Morgan fingerprint density at radius 2 is 1.62 bits per heavy atom. The lowest BCUT2D eigenvalue weighted by atomic mass is 9.87. The third kappa shape index (κ3) is 12.4. The summed E-state index contributed by atoms with van der Waals surface area (Å²) < 4.78 is 29.5. The Bertz CT molecular complexity index is 339. The lowest BCUT2D eigenvalue weighted by Crippen LogP contribution is -2.19. The van der Waals surface area contributed by atoms with Gasteiger partial charge in [0.2, 0.25) is 0 Å². The molecule has 0 aliphatic heterocycles. The fourth-order valence-electron chi connectivity index (χ4n) is 3.03. The molecule has 0 aromatic carbocycles. The van der Waals surface area contributed by atoms with Crippen molar-refractivity contribution in [1.29, 1.82) is 0 Å². The van der Waals surface area contributed by atoms with Crippen LogP contribution in [-0.2, 0) is 9.15 Å². The van der Waals surface area contributed by atoms with Crippen molar-refractivity contribution in [2.75, 3.05) is 18.8 Å². The van der Waals surface area contributed by atoms with E-state index in [-0.39, 0.29) is 0 Å². The zero-order valence-corrected chi connectivity index (χ0v) is 14.7. The van der Waals surface area contributed by atoms with Crippen LogP contribution in [0, 0.1) is 5.92 Å². The van der Waals surface area contributed by atoms with E-state index in [2.05, 4.69) is 5.32 Å². The number of hydrogen-bond donors (Lipinski definition) is 2. The molecule has 1 aliphatic rings. The minimum absolute atomic E-state index is 0.404. The first kappa shape index (κ1) is 19.3. The Morgan fingerprint density at radius 1 is 0.952 bits per heavy atom. The molecule has 4 nitrogen and oxygen atoms in total. The molecule has 1 aliphatic carbocycles. The van der Waals surface area contributed by atoms with Gasteiger partial charge in [-0.1, -0.05) is 64.2 Å². The Morgan fingerprint density at radius 3 is 2.29 bits per heavy atom. The highest BCUT2D eigenvalue weighted by molar-refractivity contribution is 8.69. The Hall–Kier alpha value is 0.220. The molecule has 0 heterocycles. The molecule has 0 atom stereocenters. The van der Waals surface area contributed by atoms with Crippen LogP contribution in [0.15, 0.2) is 0 Å². The summed E-state index contributed by atoms with van der Waals surface area (Å²) in [5, 5.41) is 3.22. The maximum absolute atomic E-state index is 10.5. The van der Waals surface area contributed by atoms with Crippen LogP contribution in [0.25, 0.3) is 0 Å². The van der Waals surface area contributed by atoms with Crippen molar-refractivity contribution in [2.24, 2.45) is 5.92 Å². The van der Waals surface area contributed by atoms with Gasteiger partial charge < -0.3 is 5.32 Å². The van der Waals surface area contributed by atoms with Crippen LogP contribution in [0.3, 0.4) is 0 Å². The van der Waals surface area contributed by atoms with Gasteiger partial charge in [0.15, 0.2) is 0 Å². The molecule has 0 unspecified atom stereocenters. The molecule has 0 amide bonds. The predicted molar refractivity (Wildman–Crippen MR) is 91.2 cm³/mol. The monoisotopic (exact) mass is 337 g/mol. The molecule has 126 valence electrons. The molecule has 0 bridgehead atoms. The van der Waals surface area contributed by atoms with E-state index < -0.39 is 9.15 Å². The molecule has 0 aromatic rings. The number of rotatable bonds is 10. The van der Waals surface area contributed by atoms with E-state index in [4.69, 9.17) is 4.55 Å². The highest BCUT2D eigenvalue weighted by atomic mass is 33.1. The molecular weight excluding hydrogens is 306 g/mol. The summed E-state index contributed by atoms with van der Waals surface area (Å²) in [5.41, 5.74) is 0. The quantitative estimate of drug-likeness (QED) is 0.358. The fourth-order valence-corrected chi connectivity index (χ4v) is 4.35. The van der Waals surface area contributed by atoms with Gasteiger partial charge in [-0.2, -0.15) is 8.42 Å². The zero-order valence-electron chi connectivity index (χ0n) is 13.1. The molecule has 1 fully saturated rings. The first-order valence-electron chi connectivity index (χ1n) is 8.40. The molecule has 0 spiro atoms. The first-order chi connectivity index (χ1) is 10.1. The molecule has 0 radical (unpaired) electrons. The molecule has 1 saturated carbocycles. The van der Waals surface area contributed by atoms with Crippen LogP contribution in [0.2, 0.25) is 0 Å². The minimum atomic E-state index is -3.87. The lowest BCUT2D eigenvalue weighted by Gasteiger charge is -2.19. The van der Waals surface area contributed by atoms with Crippen molar-refractivity contribution in [3.05, 3.63) is 0 Å². The van der Waals surface area contributed by atoms with Crippen molar-refractivity contribution in [1.82, 2.24) is 5.32 Å². The second-order valence-corrected chi connectivity index (χ2v) is 9.53. The molecular formula is C15H31NO3S2. The van der Waals surface area contributed by atoms with Crippen molar-refractivity contribution in [3.63, 3.8) is 0 Å². The molecule has 0 aromatic heterocycles. The first-order valence-corrected chi connectivity index (χ1v) is 11.3. The third-order valence-corrected chi connectivity index (χ3v) is 6.26. The van der Waals surface area contributed by atoms with Gasteiger partial charge in [0.05, 0.1) is 0 Å². The van der Waals surface area contributed by atoms with E-state index in [1.165, 1.54) is 64.2 Å². The van der Waals surface area contributed by atoms with E-state index in [1.807, 2.05) is 0 Å². The SMILES string of the molecule is O=S(=O)(O)SCCNCCCCCC1CCCCCCC1. The second kappa shape index (κ2) is 11.7. The summed E-state index contributed by atoms with van der Waals surface area (Å²) >= 11 is 0. The zero-order chi connectivity index (χ0) is 15.4. The molecule has 21 heavy (non-hydrogen) atoms. The van der Waals surface area contributed by atoms with Gasteiger partial charge in [0.25, 0.3) is 0 Å². The minimum Gasteiger partial charge on any atom is -0.316 e. The van der Waals surface area contributed by atoms with Crippen molar-refractivity contribution >= 4 is 19.9 Å². The van der Waals surface area contributed by atoms with Crippen LogP contribution in [0.1, 0.15) is 70.6 Å². The molecule has 2 N–H and O–H groups in total. The van der Waals surface area contributed by atoms with Crippen LogP contribution in [-0.4, -0.2) is 31.8 Å². The smallest absolute Gasteiger partial charge is 0.316 e. The summed E-state index contributed by atoms with van der Waals surface area (Å²) in [6.45, 7) is 1.57. The number of nitrogens with one attached hydrogen (secondary N) is 1. The largest absolute Gasteiger partial charge is 0.319 e. The second-order valence-electron chi connectivity index (χ2n) is 6.06. The average Bonchev–Trinajstić information content (AvgIpc) is 2.37. The van der Waals surface area contributed by atoms with Gasteiger partial charge in [0, 0.05) is 12.3 Å². The van der Waals surface area contributed by atoms with E-state index in [0.29, 0.717) is 23.1 Å². The van der Waals surface area contributed by atoms with E-state index in [1.54, 1.807) is 0 Å². The van der Waals surface area contributed by atoms with Gasteiger partial charge in [-0.15, -0.1) is 0 Å². The van der Waals surface area contributed by atoms with Gasteiger partial charge in [0.1, 0.15) is 0 Å². The summed E-state index contributed by atoms with van der Waals surface area (Å²) in [6, 6.07) is 0. The summed E-state index contributed by atoms with van der Waals surface area (Å²) in [7, 11) is -3.28. The summed E-state index contributed by atoms with van der Waals surface area (Å²) in [5.74, 6) is 1.37. The highest BCUT2D eigenvalue weighted by Gasteiger charge is 2.10. The average molecular weight is 338 g/mol. The van der Waals surface area contributed by atoms with Crippen LogP contribution in [0.4, 0.5) is 0 Å². The van der Waals surface area contributed by atoms with Crippen molar-refractivity contribution in [2.45, 2.75) is 70.6 Å². The summed E-state index contributed by atoms with van der Waals surface area (Å²) in [4.78, 5) is 0. The van der Waals surface area contributed by atoms with Crippen LogP contribution < -0.4 is 5.32 Å². The van der Waals surface area contributed by atoms with Crippen molar-refractivity contribution < 1.29 is 13.0 Å². The molecule has 0 saturated heterocycles. The van der Waals surface area contributed by atoms with E-state index >= 15 is 0 Å². The highest BCUT2D eigenvalue weighted by Crippen LogP contribution is 2.26. The van der Waals surface area contributed by atoms with Crippen LogP contribution >= 0.6 is 10.8 Å². The standard InChI is InChI=1S/C15H31NO3S2/c17-21(18,19)20-14-13-16-12-8-4-7-11-15-9-5-2-1-3-6-10-15/h15-16H,1-14H2,(H,17,18,19). The maximum Gasteiger partial charge on any atom is 0.319 e. The molecule has 6 heteroatoms. The molecule has 1 rings (SSSR count). The normalized spacial score (nSPS) is 18.3. The summed E-state index contributed by atoms with van der Waals surface area (Å²) in [6.07, 6.45) is 15.2. The van der Waals surface area contributed by atoms with Crippen molar-refractivity contribution in [3.8, 4) is 0 Å². The number of hydrogen-bond acceptors (Lipinski definition) is 4. The third-order valence-electron chi connectivity index (χ3n) is 4.20. The fraction of sp³-hybridized carbons (Fsp3) is 1.00. The van der Waals surface area contributed by atoms with Gasteiger partial charge in [-0.3, -0.25) is 4.55 Å². The predicted octanol–water partition coefficient (Wildman–Crippen LogP) is 4.03.